The Morgan fingerprint density at radius 2 is 1.57 bits per heavy atom. The predicted octanol–water partition coefficient (Wildman–Crippen LogP) is 6.61. The molecule has 1 heteroatoms. The molecule has 0 N–H and O–H groups in total. The number of hydrogen-bond acceptors (Lipinski definition) is 0. The summed E-state index contributed by atoms with van der Waals surface area (Å²) in [6.07, 6.45) is 12.5. The van der Waals surface area contributed by atoms with Crippen molar-refractivity contribution in [3.05, 3.63) is 70.1 Å². The molecule has 0 saturated heterocycles. The van der Waals surface area contributed by atoms with Crippen LogP contribution in [0.1, 0.15) is 48.5 Å². The molecule has 0 unspecified atom stereocenters. The Labute approximate surface area is 139 Å². The lowest BCUT2D eigenvalue weighted by atomic mass is 9.77. The molecule has 0 atom stereocenters. The number of allylic oxidation sites excluding steroid dienone is 12. The van der Waals surface area contributed by atoms with Crippen molar-refractivity contribution in [2.45, 2.75) is 48.5 Å². The first-order valence-corrected chi connectivity index (χ1v) is 8.41. The van der Waals surface area contributed by atoms with E-state index < -0.39 is 0 Å². The molecule has 0 fully saturated rings. The number of rotatable bonds is 0. The van der Waals surface area contributed by atoms with Gasteiger partial charge in [-0.2, -0.15) is 0 Å². The largest absolute Gasteiger partial charge is 0.207 e. The van der Waals surface area contributed by atoms with E-state index in [1.807, 2.05) is 0 Å². The fourth-order valence-electron chi connectivity index (χ4n) is 4.08. The van der Waals surface area contributed by atoms with Gasteiger partial charge < -0.3 is 0 Å². The topological polar surface area (TPSA) is 0 Å². The molecule has 0 heterocycles. The van der Waals surface area contributed by atoms with E-state index in [9.17, 15) is 4.39 Å². The van der Waals surface area contributed by atoms with Crippen LogP contribution in [0.2, 0.25) is 0 Å². The highest BCUT2D eigenvalue weighted by Gasteiger charge is 2.45. The summed E-state index contributed by atoms with van der Waals surface area (Å²) in [5.74, 6) is -0.129. The Morgan fingerprint density at radius 1 is 0.913 bits per heavy atom. The van der Waals surface area contributed by atoms with Crippen molar-refractivity contribution in [2.24, 2.45) is 16.2 Å². The summed E-state index contributed by atoms with van der Waals surface area (Å²) >= 11 is 0. The average molecular weight is 310 g/mol. The zero-order valence-electron chi connectivity index (χ0n) is 15.3. The van der Waals surface area contributed by atoms with Crippen LogP contribution < -0.4 is 0 Å². The molecule has 122 valence electrons. The molecular weight excluding hydrogens is 283 g/mol. The van der Waals surface area contributed by atoms with E-state index in [0.29, 0.717) is 0 Å². The first-order chi connectivity index (χ1) is 10.4. The lowest BCUT2D eigenvalue weighted by Crippen LogP contribution is -2.14. The molecule has 0 spiro atoms. The monoisotopic (exact) mass is 310 g/mol. The van der Waals surface area contributed by atoms with E-state index in [4.69, 9.17) is 0 Å². The molecule has 23 heavy (non-hydrogen) atoms. The summed E-state index contributed by atoms with van der Waals surface area (Å²) < 4.78 is 14.5. The summed E-state index contributed by atoms with van der Waals surface area (Å²) in [4.78, 5) is 0. The van der Waals surface area contributed by atoms with Gasteiger partial charge in [-0.25, -0.2) is 4.39 Å². The second-order valence-corrected chi connectivity index (χ2v) is 8.82. The van der Waals surface area contributed by atoms with Crippen LogP contribution in [0.25, 0.3) is 0 Å². The standard InChI is InChI=1S/C22H27F/c1-14-8-9-21(4,5)19-16-13-20(2,3)12-15(23)11-17(16)22(6,7)18(19)10-14/h8-13H,1-7H3. The van der Waals surface area contributed by atoms with Gasteiger partial charge in [0.2, 0.25) is 0 Å². The van der Waals surface area contributed by atoms with Crippen LogP contribution in [0.15, 0.2) is 70.1 Å². The number of fused-ring (bicyclic) bond motifs is 2. The fourth-order valence-corrected chi connectivity index (χ4v) is 4.08. The lowest BCUT2D eigenvalue weighted by Gasteiger charge is -2.26. The highest BCUT2D eigenvalue weighted by molar-refractivity contribution is 5.70. The summed E-state index contributed by atoms with van der Waals surface area (Å²) in [6, 6.07) is 0. The molecule has 0 radical (unpaired) electrons. The van der Waals surface area contributed by atoms with Crippen LogP contribution in [0, 0.1) is 16.2 Å². The van der Waals surface area contributed by atoms with Crippen LogP contribution >= 0.6 is 0 Å². The van der Waals surface area contributed by atoms with Crippen molar-refractivity contribution in [1.82, 2.24) is 0 Å². The van der Waals surface area contributed by atoms with Gasteiger partial charge in [-0.15, -0.1) is 0 Å². The van der Waals surface area contributed by atoms with Crippen LogP contribution in [-0.2, 0) is 0 Å². The van der Waals surface area contributed by atoms with Gasteiger partial charge >= 0.3 is 0 Å². The van der Waals surface area contributed by atoms with Crippen LogP contribution in [0.4, 0.5) is 4.39 Å². The third-order valence-electron chi connectivity index (χ3n) is 5.26. The summed E-state index contributed by atoms with van der Waals surface area (Å²) in [5.41, 5.74) is 5.71. The van der Waals surface area contributed by atoms with Crippen molar-refractivity contribution in [3.63, 3.8) is 0 Å². The molecule has 0 aromatic rings. The van der Waals surface area contributed by atoms with Crippen molar-refractivity contribution in [1.29, 1.82) is 0 Å². The van der Waals surface area contributed by atoms with E-state index in [0.717, 1.165) is 5.57 Å². The van der Waals surface area contributed by atoms with Crippen molar-refractivity contribution < 1.29 is 4.39 Å². The molecule has 0 bridgehead atoms. The van der Waals surface area contributed by atoms with Gasteiger partial charge in [-0.3, -0.25) is 0 Å². The molecule has 0 nitrogen and oxygen atoms in total. The second kappa shape index (κ2) is 4.69. The normalized spacial score (nSPS) is 27.1. The maximum atomic E-state index is 14.5. The van der Waals surface area contributed by atoms with E-state index in [2.05, 4.69) is 72.8 Å². The summed E-state index contributed by atoms with van der Waals surface area (Å²) in [7, 11) is 0. The average Bonchev–Trinajstić information content (AvgIpc) is 2.50. The molecule has 0 amide bonds. The Hall–Kier alpha value is -1.63. The van der Waals surface area contributed by atoms with Gasteiger partial charge in [-0.1, -0.05) is 71.4 Å². The molecule has 3 rings (SSSR count). The lowest BCUT2D eigenvalue weighted by molar-refractivity contribution is 0.551. The Morgan fingerprint density at radius 3 is 2.22 bits per heavy atom. The molecular formula is C22H27F. The molecule has 3 aliphatic rings. The highest BCUT2D eigenvalue weighted by Crippen LogP contribution is 2.58. The van der Waals surface area contributed by atoms with Crippen molar-refractivity contribution in [2.75, 3.05) is 0 Å². The van der Waals surface area contributed by atoms with Gasteiger partial charge in [-0.05, 0) is 41.4 Å². The minimum atomic E-state index is -0.291. The van der Waals surface area contributed by atoms with Gasteiger partial charge in [0.05, 0.1) is 0 Å². The number of halogens is 1. The van der Waals surface area contributed by atoms with Crippen molar-refractivity contribution in [3.8, 4) is 0 Å². The maximum absolute atomic E-state index is 14.5. The zero-order valence-corrected chi connectivity index (χ0v) is 15.3. The number of hydrogen-bond donors (Lipinski definition) is 0. The van der Waals surface area contributed by atoms with Gasteiger partial charge in [0, 0.05) is 16.2 Å². The van der Waals surface area contributed by atoms with Crippen LogP contribution in [-0.4, -0.2) is 0 Å². The molecule has 0 aromatic carbocycles. The minimum Gasteiger partial charge on any atom is -0.207 e. The first kappa shape index (κ1) is 16.2. The van der Waals surface area contributed by atoms with Crippen molar-refractivity contribution >= 4 is 0 Å². The second-order valence-electron chi connectivity index (χ2n) is 8.82. The smallest absolute Gasteiger partial charge is 0.120 e. The zero-order chi connectivity index (χ0) is 17.2. The van der Waals surface area contributed by atoms with Gasteiger partial charge in [0.25, 0.3) is 0 Å². The van der Waals surface area contributed by atoms with E-state index in [1.54, 1.807) is 12.2 Å². The van der Waals surface area contributed by atoms with Crippen LogP contribution in [0.5, 0.6) is 0 Å². The molecule has 0 aromatic heterocycles. The van der Waals surface area contributed by atoms with Gasteiger partial charge in [0.1, 0.15) is 5.83 Å². The predicted molar refractivity (Wildman–Crippen MR) is 96.6 cm³/mol. The van der Waals surface area contributed by atoms with Crippen LogP contribution in [0.3, 0.4) is 0 Å². The van der Waals surface area contributed by atoms with E-state index >= 15 is 0 Å². The van der Waals surface area contributed by atoms with Gasteiger partial charge in [0.15, 0.2) is 0 Å². The van der Waals surface area contributed by atoms with E-state index in [1.165, 1.54) is 22.3 Å². The first-order valence-electron chi connectivity index (χ1n) is 8.41. The summed E-state index contributed by atoms with van der Waals surface area (Å²) in [5, 5.41) is 0. The Bertz CT molecular complexity index is 756. The third kappa shape index (κ3) is 2.51. The molecule has 3 aliphatic carbocycles. The fraction of sp³-hybridized carbons (Fsp3) is 0.455. The molecule has 0 aliphatic heterocycles. The Balaban J connectivity index is 2.37. The third-order valence-corrected chi connectivity index (χ3v) is 5.26. The maximum Gasteiger partial charge on any atom is 0.120 e. The SMILES string of the molecule is CC1=CC2=C(C3=CC(C)(C)C=C(F)C=C3C2(C)C)C(C)(C)C=C1. The minimum absolute atomic E-state index is 0.0703. The van der Waals surface area contributed by atoms with E-state index in [-0.39, 0.29) is 22.1 Å². The Kier molecular flexibility index (Phi) is 3.31. The highest BCUT2D eigenvalue weighted by atomic mass is 19.1. The quantitative estimate of drug-likeness (QED) is 0.472. The molecule has 0 saturated carbocycles. The summed E-state index contributed by atoms with van der Waals surface area (Å²) in [6.45, 7) is 15.2.